The van der Waals surface area contributed by atoms with Crippen LogP contribution in [0.2, 0.25) is 5.02 Å². The number of piperazine rings is 1. The molecular weight excluding hydrogens is 738 g/mol. The summed E-state index contributed by atoms with van der Waals surface area (Å²) in [6.07, 6.45) is 10.1. The van der Waals surface area contributed by atoms with Gasteiger partial charge in [-0.3, -0.25) is 24.7 Å². The van der Waals surface area contributed by atoms with Crippen LogP contribution in [0.5, 0.6) is 0 Å². The lowest BCUT2D eigenvalue weighted by Gasteiger charge is -2.56. The summed E-state index contributed by atoms with van der Waals surface area (Å²) in [6.45, 7) is 11.3. The van der Waals surface area contributed by atoms with Crippen molar-refractivity contribution in [1.82, 2.24) is 20.1 Å². The Morgan fingerprint density at radius 1 is 0.789 bits per heavy atom. The van der Waals surface area contributed by atoms with E-state index in [4.69, 9.17) is 16.6 Å². The molecule has 3 aromatic rings. The van der Waals surface area contributed by atoms with Crippen molar-refractivity contribution < 1.29 is 14.4 Å². The Labute approximate surface area is 340 Å². The first-order valence-corrected chi connectivity index (χ1v) is 21.1. The van der Waals surface area contributed by atoms with Crippen LogP contribution in [0.15, 0.2) is 60.8 Å². The van der Waals surface area contributed by atoms with Crippen LogP contribution in [0.4, 0.5) is 27.5 Å². The van der Waals surface area contributed by atoms with E-state index in [1.165, 1.54) is 12.8 Å². The number of nitrogens with zero attached hydrogens (tertiary/aromatic N) is 8. The Balaban J connectivity index is 0.708. The van der Waals surface area contributed by atoms with E-state index in [1.54, 1.807) is 4.90 Å². The molecule has 57 heavy (non-hydrogen) atoms. The third-order valence-corrected chi connectivity index (χ3v) is 14.5. The van der Waals surface area contributed by atoms with Crippen LogP contribution in [0.25, 0.3) is 0 Å². The Bertz CT molecular complexity index is 2040. The van der Waals surface area contributed by atoms with Crippen molar-refractivity contribution in [2.24, 2.45) is 10.8 Å². The van der Waals surface area contributed by atoms with E-state index in [0.717, 1.165) is 114 Å². The van der Waals surface area contributed by atoms with Gasteiger partial charge in [0, 0.05) is 101 Å². The molecule has 0 radical (unpaired) electrons. The Morgan fingerprint density at radius 2 is 1.44 bits per heavy atom. The highest BCUT2D eigenvalue weighted by molar-refractivity contribution is 6.32. The van der Waals surface area contributed by atoms with Gasteiger partial charge in [-0.05, 0) is 117 Å². The summed E-state index contributed by atoms with van der Waals surface area (Å²) in [5.41, 5.74) is 5.82. The highest BCUT2D eigenvalue weighted by Crippen LogP contribution is 2.51. The van der Waals surface area contributed by atoms with E-state index in [-0.39, 0.29) is 23.3 Å². The Morgan fingerprint density at radius 3 is 2.09 bits per heavy atom. The van der Waals surface area contributed by atoms with E-state index in [2.05, 4.69) is 56.1 Å². The number of piperidine rings is 2. The lowest BCUT2D eigenvalue weighted by molar-refractivity contribution is -0.120. The Kier molecular flexibility index (Phi) is 10.0. The van der Waals surface area contributed by atoms with E-state index in [9.17, 15) is 19.6 Å². The van der Waals surface area contributed by atoms with Gasteiger partial charge in [-0.15, -0.1) is 0 Å². The number of nitrogens with one attached hydrogen (secondary N) is 1. The van der Waals surface area contributed by atoms with Gasteiger partial charge < -0.3 is 19.6 Å². The molecule has 1 atom stereocenters. The van der Waals surface area contributed by atoms with Crippen LogP contribution in [0.1, 0.15) is 74.3 Å². The molecule has 298 valence electrons. The van der Waals surface area contributed by atoms with Crippen molar-refractivity contribution in [2.75, 3.05) is 85.0 Å². The number of urea groups is 1. The number of carbonyl (C=O) groups is 3. The van der Waals surface area contributed by atoms with E-state index in [1.807, 2.05) is 47.5 Å². The van der Waals surface area contributed by atoms with Gasteiger partial charge in [0.2, 0.25) is 5.91 Å². The number of amides is 4. The fourth-order valence-corrected chi connectivity index (χ4v) is 10.9. The van der Waals surface area contributed by atoms with Gasteiger partial charge in [-0.1, -0.05) is 11.6 Å². The largest absolute Gasteiger partial charge is 0.370 e. The molecule has 4 amide bonds. The second kappa shape index (κ2) is 15.1. The second-order valence-electron chi connectivity index (χ2n) is 17.5. The summed E-state index contributed by atoms with van der Waals surface area (Å²) >= 11 is 6.38. The van der Waals surface area contributed by atoms with Crippen LogP contribution >= 0.6 is 11.6 Å². The lowest BCUT2D eigenvalue weighted by Crippen LogP contribution is -2.59. The monoisotopic (exact) mass is 789 g/mol. The molecule has 6 heterocycles. The molecular formula is C44H52ClN9O3. The molecule has 2 aromatic carbocycles. The van der Waals surface area contributed by atoms with Crippen molar-refractivity contribution in [3.63, 3.8) is 0 Å². The lowest BCUT2D eigenvalue weighted by atomic mass is 9.60. The third kappa shape index (κ3) is 7.40. The number of halogens is 1. The number of hydrogen-bond donors (Lipinski definition) is 1. The third-order valence-electron chi connectivity index (χ3n) is 14.2. The Hall–Kier alpha value is -4.86. The zero-order valence-corrected chi connectivity index (χ0v) is 33.6. The summed E-state index contributed by atoms with van der Waals surface area (Å²) in [5.74, 6) is -0.172. The summed E-state index contributed by atoms with van der Waals surface area (Å²) in [4.78, 5) is 55.6. The minimum Gasteiger partial charge on any atom is -0.370 e. The molecule has 2 spiro atoms. The topological polar surface area (TPSA) is 119 Å². The van der Waals surface area contributed by atoms with Crippen molar-refractivity contribution in [2.45, 2.75) is 70.4 Å². The number of aromatic nitrogens is 1. The molecule has 13 heteroatoms. The van der Waals surface area contributed by atoms with Gasteiger partial charge in [0.15, 0.2) is 0 Å². The molecule has 1 unspecified atom stereocenters. The van der Waals surface area contributed by atoms with Gasteiger partial charge in [0.1, 0.15) is 11.8 Å². The average Bonchev–Trinajstić information content (AvgIpc) is 3.55. The molecule has 6 fully saturated rings. The highest BCUT2D eigenvalue weighted by atomic mass is 35.5. The molecule has 1 saturated carbocycles. The van der Waals surface area contributed by atoms with Crippen LogP contribution in [0, 0.1) is 22.2 Å². The first-order valence-electron chi connectivity index (χ1n) is 20.8. The van der Waals surface area contributed by atoms with Gasteiger partial charge in [0.05, 0.1) is 22.5 Å². The maximum absolute atomic E-state index is 13.6. The maximum Gasteiger partial charge on any atom is 0.328 e. The molecule has 12 nitrogen and oxygen atoms in total. The molecule has 1 aliphatic carbocycles. The molecule has 5 aliphatic heterocycles. The maximum atomic E-state index is 13.6. The van der Waals surface area contributed by atoms with Gasteiger partial charge in [-0.2, -0.15) is 5.26 Å². The van der Waals surface area contributed by atoms with Gasteiger partial charge >= 0.3 is 6.03 Å². The van der Waals surface area contributed by atoms with E-state index in [0.29, 0.717) is 46.7 Å². The number of imide groups is 1. The van der Waals surface area contributed by atoms with Crippen molar-refractivity contribution >= 4 is 52.2 Å². The van der Waals surface area contributed by atoms with E-state index >= 15 is 0 Å². The van der Waals surface area contributed by atoms with Crippen LogP contribution in [-0.4, -0.2) is 110 Å². The standard InChI is InChI=1S/C44H52ClN9O3/c1-31-25-44(30-54(31)35-3-2-32(28-46)38(45)24-35)13-16-49(17-14-44)36-8-9-39(47-29-36)41(56)52-18-11-43(12-19-52)26-37(27-43)51-22-20-50(21-23-51)33-4-6-34(7-5-33)53-15-10-40(55)48-42(53)57/h2-9,24,29,31,37H,10-23,25-27,30H2,1H3,(H,48,55,57). The summed E-state index contributed by atoms with van der Waals surface area (Å²) in [5, 5.41) is 12.2. The SMILES string of the molecule is CC1CC2(CCN(c3ccc(C(=O)N4CCC5(CC4)CC(N4CCN(c6ccc(N7CCC(=O)NC7=O)cc6)CC4)C5)nc3)CC2)CN1c1ccc(C#N)c(Cl)c1. The van der Waals surface area contributed by atoms with Crippen LogP contribution in [-0.2, 0) is 4.79 Å². The minimum absolute atomic E-state index is 0.0475. The number of nitriles is 1. The van der Waals surface area contributed by atoms with Gasteiger partial charge in [0.25, 0.3) is 5.91 Å². The minimum atomic E-state index is -0.352. The number of likely N-dealkylation sites (tertiary alicyclic amines) is 1. The van der Waals surface area contributed by atoms with Crippen molar-refractivity contribution in [3.8, 4) is 6.07 Å². The van der Waals surface area contributed by atoms with Crippen LogP contribution < -0.4 is 24.9 Å². The normalized spacial score (nSPS) is 23.8. The first kappa shape index (κ1) is 37.7. The molecule has 9 rings (SSSR count). The number of anilines is 4. The zero-order valence-electron chi connectivity index (χ0n) is 32.8. The second-order valence-corrected chi connectivity index (χ2v) is 17.9. The average molecular weight is 790 g/mol. The number of benzene rings is 2. The highest BCUT2D eigenvalue weighted by Gasteiger charge is 2.49. The first-order chi connectivity index (χ1) is 27.6. The number of pyridine rings is 1. The molecule has 5 saturated heterocycles. The zero-order chi connectivity index (χ0) is 39.3. The molecule has 1 N–H and O–H groups in total. The fourth-order valence-electron chi connectivity index (χ4n) is 10.7. The quantitative estimate of drug-likeness (QED) is 0.314. The summed E-state index contributed by atoms with van der Waals surface area (Å²) in [6, 6.07) is 20.7. The van der Waals surface area contributed by atoms with Crippen LogP contribution in [0.3, 0.4) is 0 Å². The van der Waals surface area contributed by atoms with Crippen molar-refractivity contribution in [3.05, 3.63) is 77.1 Å². The smallest absolute Gasteiger partial charge is 0.328 e. The van der Waals surface area contributed by atoms with E-state index < -0.39 is 0 Å². The predicted molar refractivity (Wildman–Crippen MR) is 222 cm³/mol. The summed E-state index contributed by atoms with van der Waals surface area (Å²) in [7, 11) is 0. The molecule has 6 aliphatic rings. The van der Waals surface area contributed by atoms with Gasteiger partial charge in [-0.25, -0.2) is 9.78 Å². The summed E-state index contributed by atoms with van der Waals surface area (Å²) < 4.78 is 0. The molecule has 0 bridgehead atoms. The fraction of sp³-hybridized carbons (Fsp3) is 0.523. The van der Waals surface area contributed by atoms with Crippen molar-refractivity contribution in [1.29, 1.82) is 5.26 Å². The number of rotatable bonds is 6. The number of hydrogen-bond acceptors (Lipinski definition) is 9. The number of carbonyl (C=O) groups excluding carboxylic acids is 3. The predicted octanol–water partition coefficient (Wildman–Crippen LogP) is 6.15. The molecule has 1 aromatic heterocycles.